The molecule has 2 aromatic carbocycles. The number of benzene rings is 2. The second-order valence-corrected chi connectivity index (χ2v) is 7.11. The molecule has 0 radical (unpaired) electrons. The van der Waals surface area contributed by atoms with Crippen LogP contribution in [-0.2, 0) is 7.05 Å². The van der Waals surface area contributed by atoms with Gasteiger partial charge in [0.05, 0.1) is 5.25 Å². The highest BCUT2D eigenvalue weighted by atomic mass is 32.2. The van der Waals surface area contributed by atoms with Crippen molar-refractivity contribution in [2.75, 3.05) is 0 Å². The molecule has 2 heterocycles. The molecule has 0 N–H and O–H groups in total. The summed E-state index contributed by atoms with van der Waals surface area (Å²) < 4.78 is 7.81. The van der Waals surface area contributed by atoms with Crippen LogP contribution in [0.15, 0.2) is 70.2 Å². The maximum Gasteiger partial charge on any atom is 0.247 e. The molecule has 2 aromatic heterocycles. The van der Waals surface area contributed by atoms with Crippen molar-refractivity contribution in [2.45, 2.75) is 17.3 Å². The summed E-state index contributed by atoms with van der Waals surface area (Å²) in [5.41, 5.74) is 1.94. The Morgan fingerprint density at radius 3 is 2.19 bits per heavy atom. The molecule has 0 unspecified atom stereocenters. The molecule has 0 spiro atoms. The Labute approximate surface area is 155 Å². The van der Waals surface area contributed by atoms with Crippen LogP contribution in [0.5, 0.6) is 0 Å². The van der Waals surface area contributed by atoms with Gasteiger partial charge in [0.15, 0.2) is 11.0 Å². The summed E-state index contributed by atoms with van der Waals surface area (Å²) in [4.78, 5) is 0. The molecule has 26 heavy (non-hydrogen) atoms. The van der Waals surface area contributed by atoms with Gasteiger partial charge in [0.1, 0.15) is 0 Å². The number of aromatic nitrogens is 5. The van der Waals surface area contributed by atoms with E-state index >= 15 is 0 Å². The second kappa shape index (κ2) is 7.13. The first-order valence-corrected chi connectivity index (χ1v) is 9.10. The number of rotatable bonds is 5. The van der Waals surface area contributed by atoms with Gasteiger partial charge >= 0.3 is 0 Å². The van der Waals surface area contributed by atoms with E-state index in [1.54, 1.807) is 11.8 Å². The van der Waals surface area contributed by atoms with E-state index in [1.807, 2.05) is 79.2 Å². The standard InChI is InChI=1S/C19H17N5OS/c1-13(17-21-22-18(25-17)15-11-7-4-8-12-15)26-19-23-20-16(24(19)2)14-9-5-3-6-10-14/h3-13H,1-2H3/t13-/m1/s1. The third kappa shape index (κ3) is 3.25. The van der Waals surface area contributed by atoms with Crippen LogP contribution in [0.25, 0.3) is 22.8 Å². The Morgan fingerprint density at radius 2 is 1.50 bits per heavy atom. The summed E-state index contributed by atoms with van der Waals surface area (Å²) in [6, 6.07) is 19.7. The van der Waals surface area contributed by atoms with Crippen molar-refractivity contribution in [3.8, 4) is 22.8 Å². The maximum atomic E-state index is 5.83. The van der Waals surface area contributed by atoms with E-state index in [0.29, 0.717) is 11.8 Å². The highest BCUT2D eigenvalue weighted by molar-refractivity contribution is 7.99. The van der Waals surface area contributed by atoms with Crippen LogP contribution in [0.3, 0.4) is 0 Å². The van der Waals surface area contributed by atoms with Crippen LogP contribution in [0.2, 0.25) is 0 Å². The predicted octanol–water partition coefficient (Wildman–Crippen LogP) is 4.39. The van der Waals surface area contributed by atoms with Crippen LogP contribution >= 0.6 is 11.8 Å². The van der Waals surface area contributed by atoms with Gasteiger partial charge in [0.2, 0.25) is 11.8 Å². The third-order valence-electron chi connectivity index (χ3n) is 3.96. The molecule has 0 fully saturated rings. The minimum atomic E-state index is -0.0357. The fourth-order valence-corrected chi connectivity index (χ4v) is 3.41. The minimum absolute atomic E-state index is 0.0357. The SMILES string of the molecule is C[C@@H](Sc1nnc(-c2ccccc2)n1C)c1nnc(-c2ccccc2)o1. The van der Waals surface area contributed by atoms with E-state index in [0.717, 1.165) is 22.1 Å². The molecule has 0 aliphatic heterocycles. The van der Waals surface area contributed by atoms with E-state index < -0.39 is 0 Å². The molecule has 0 amide bonds. The fourth-order valence-electron chi connectivity index (χ4n) is 2.56. The molecule has 130 valence electrons. The summed E-state index contributed by atoms with van der Waals surface area (Å²) in [6.45, 7) is 2.02. The van der Waals surface area contributed by atoms with Gasteiger partial charge in [-0.05, 0) is 19.1 Å². The van der Waals surface area contributed by atoms with E-state index in [2.05, 4.69) is 20.4 Å². The zero-order valence-corrected chi connectivity index (χ0v) is 15.2. The quantitative estimate of drug-likeness (QED) is 0.490. The molecule has 0 aliphatic carbocycles. The molecule has 1 atom stereocenters. The Balaban J connectivity index is 1.53. The Morgan fingerprint density at radius 1 is 0.846 bits per heavy atom. The summed E-state index contributed by atoms with van der Waals surface area (Å²) in [6.07, 6.45) is 0. The van der Waals surface area contributed by atoms with Gasteiger partial charge in [0.25, 0.3) is 0 Å². The van der Waals surface area contributed by atoms with Gasteiger partial charge in [0, 0.05) is 18.2 Å². The second-order valence-electron chi connectivity index (χ2n) is 5.80. The highest BCUT2D eigenvalue weighted by Gasteiger charge is 2.20. The Hall–Kier alpha value is -2.93. The largest absolute Gasteiger partial charge is 0.419 e. The zero-order chi connectivity index (χ0) is 17.9. The van der Waals surface area contributed by atoms with Gasteiger partial charge in [-0.2, -0.15) is 0 Å². The zero-order valence-electron chi connectivity index (χ0n) is 14.4. The predicted molar refractivity (Wildman–Crippen MR) is 100 cm³/mol. The molecule has 7 heteroatoms. The van der Waals surface area contributed by atoms with Crippen molar-refractivity contribution in [3.05, 3.63) is 66.6 Å². The molecular formula is C19H17N5OS. The highest BCUT2D eigenvalue weighted by Crippen LogP contribution is 2.35. The van der Waals surface area contributed by atoms with Gasteiger partial charge in [-0.1, -0.05) is 60.3 Å². The van der Waals surface area contributed by atoms with Crippen molar-refractivity contribution in [1.29, 1.82) is 0 Å². The van der Waals surface area contributed by atoms with Gasteiger partial charge in [-0.3, -0.25) is 0 Å². The van der Waals surface area contributed by atoms with E-state index in [4.69, 9.17) is 4.42 Å². The molecule has 0 aliphatic rings. The lowest BCUT2D eigenvalue weighted by Gasteiger charge is -2.07. The average molecular weight is 363 g/mol. The first kappa shape index (κ1) is 16.5. The monoisotopic (exact) mass is 363 g/mol. The summed E-state index contributed by atoms with van der Waals surface area (Å²) >= 11 is 1.54. The Kier molecular flexibility index (Phi) is 4.53. The number of hydrogen-bond donors (Lipinski definition) is 0. The van der Waals surface area contributed by atoms with E-state index in [9.17, 15) is 0 Å². The lowest BCUT2D eigenvalue weighted by atomic mass is 10.2. The average Bonchev–Trinajstić information content (AvgIpc) is 3.31. The fraction of sp³-hybridized carbons (Fsp3) is 0.158. The summed E-state index contributed by atoms with van der Waals surface area (Å²) in [5, 5.41) is 17.7. The van der Waals surface area contributed by atoms with Crippen molar-refractivity contribution < 1.29 is 4.42 Å². The number of hydrogen-bond acceptors (Lipinski definition) is 6. The van der Waals surface area contributed by atoms with Crippen LogP contribution in [0, 0.1) is 0 Å². The Bertz CT molecular complexity index is 997. The van der Waals surface area contributed by atoms with Crippen molar-refractivity contribution in [3.63, 3.8) is 0 Å². The van der Waals surface area contributed by atoms with Crippen molar-refractivity contribution in [2.24, 2.45) is 7.05 Å². The minimum Gasteiger partial charge on any atom is -0.419 e. The molecule has 0 bridgehead atoms. The van der Waals surface area contributed by atoms with Gasteiger partial charge in [-0.15, -0.1) is 20.4 Å². The smallest absolute Gasteiger partial charge is 0.247 e. The van der Waals surface area contributed by atoms with Crippen molar-refractivity contribution >= 4 is 11.8 Å². The first-order valence-electron chi connectivity index (χ1n) is 8.22. The molecular weight excluding hydrogens is 346 g/mol. The van der Waals surface area contributed by atoms with Crippen LogP contribution in [-0.4, -0.2) is 25.0 Å². The van der Waals surface area contributed by atoms with E-state index in [1.165, 1.54) is 0 Å². The van der Waals surface area contributed by atoms with Crippen molar-refractivity contribution in [1.82, 2.24) is 25.0 Å². The first-order chi connectivity index (χ1) is 12.7. The van der Waals surface area contributed by atoms with Crippen LogP contribution < -0.4 is 0 Å². The van der Waals surface area contributed by atoms with E-state index in [-0.39, 0.29) is 5.25 Å². The molecule has 0 saturated carbocycles. The summed E-state index contributed by atoms with van der Waals surface area (Å²) in [5.74, 6) is 1.92. The molecule has 0 saturated heterocycles. The normalized spacial score (nSPS) is 12.2. The van der Waals surface area contributed by atoms with Crippen LogP contribution in [0.4, 0.5) is 0 Å². The van der Waals surface area contributed by atoms with Crippen LogP contribution in [0.1, 0.15) is 18.1 Å². The van der Waals surface area contributed by atoms with Gasteiger partial charge < -0.3 is 8.98 Å². The molecule has 6 nitrogen and oxygen atoms in total. The molecule has 4 rings (SSSR count). The lowest BCUT2D eigenvalue weighted by molar-refractivity contribution is 0.508. The number of thioether (sulfide) groups is 1. The summed E-state index contributed by atoms with van der Waals surface area (Å²) in [7, 11) is 1.96. The van der Waals surface area contributed by atoms with Gasteiger partial charge in [-0.25, -0.2) is 0 Å². The number of nitrogens with zero attached hydrogens (tertiary/aromatic N) is 5. The lowest BCUT2D eigenvalue weighted by Crippen LogP contribution is -1.97. The topological polar surface area (TPSA) is 69.6 Å². The maximum absolute atomic E-state index is 5.83. The molecule has 4 aromatic rings. The third-order valence-corrected chi connectivity index (χ3v) is 5.08.